The lowest BCUT2D eigenvalue weighted by molar-refractivity contribution is -0.123. The topological polar surface area (TPSA) is 78.5 Å². The minimum atomic E-state index is -0.730. The number of nitrogens with one attached hydrogen (secondary N) is 2. The first kappa shape index (κ1) is 33.9. The average Bonchev–Trinajstić information content (AvgIpc) is 3.00. The number of hydrogen-bond acceptors (Lipinski definition) is 4. The molecule has 0 saturated heterocycles. The molecule has 0 unspecified atom stereocenters. The molecule has 0 aliphatic rings. The van der Waals surface area contributed by atoms with Crippen molar-refractivity contribution >= 4 is 28.8 Å². The molecule has 3 aromatic rings. The Labute approximate surface area is 262 Å². The van der Waals surface area contributed by atoms with Gasteiger partial charge in [-0.25, -0.2) is 4.79 Å². The van der Waals surface area contributed by atoms with Crippen LogP contribution >= 0.6 is 11.8 Å². The van der Waals surface area contributed by atoms with Crippen molar-refractivity contribution in [3.05, 3.63) is 96.1 Å². The molecule has 0 bridgehead atoms. The molecule has 3 rings (SSSR count). The third-order valence-corrected chi connectivity index (χ3v) is 8.34. The average molecular weight is 602 g/mol. The summed E-state index contributed by atoms with van der Waals surface area (Å²) in [5, 5.41) is 6.14. The number of hydrogen-bond donors (Lipinski definition) is 2. The lowest BCUT2D eigenvalue weighted by Crippen LogP contribution is -2.55. The van der Waals surface area contributed by atoms with Gasteiger partial charge in [0.05, 0.1) is 0 Å². The van der Waals surface area contributed by atoms with Crippen molar-refractivity contribution in [2.75, 3.05) is 18.8 Å². The summed E-state index contributed by atoms with van der Waals surface area (Å²) in [7, 11) is 0. The summed E-state index contributed by atoms with van der Waals surface area (Å²) >= 11 is 1.24. The summed E-state index contributed by atoms with van der Waals surface area (Å²) in [5.41, 5.74) is 4.30. The number of rotatable bonds is 16. The molecule has 43 heavy (non-hydrogen) atoms. The first-order chi connectivity index (χ1) is 20.8. The van der Waals surface area contributed by atoms with Crippen LogP contribution in [-0.4, -0.2) is 52.9 Å². The van der Waals surface area contributed by atoms with Crippen molar-refractivity contribution in [1.29, 1.82) is 0 Å². The van der Waals surface area contributed by atoms with Gasteiger partial charge in [0.25, 0.3) is 0 Å². The number of amides is 3. The van der Waals surface area contributed by atoms with E-state index in [4.69, 9.17) is 0 Å². The summed E-state index contributed by atoms with van der Waals surface area (Å²) < 4.78 is 0. The largest absolute Gasteiger partial charge is 0.354 e. The molecule has 0 radical (unpaired) electrons. The Bertz CT molecular complexity index is 1270. The summed E-state index contributed by atoms with van der Waals surface area (Å²) in [6, 6.07) is 27.2. The van der Waals surface area contributed by atoms with E-state index in [1.807, 2.05) is 65.6 Å². The maximum atomic E-state index is 14.0. The van der Waals surface area contributed by atoms with E-state index in [2.05, 4.69) is 55.7 Å². The third kappa shape index (κ3) is 11.9. The molecule has 2 N–H and O–H groups in total. The highest BCUT2D eigenvalue weighted by molar-refractivity contribution is 8.13. The molecule has 0 aliphatic carbocycles. The summed E-state index contributed by atoms with van der Waals surface area (Å²) in [4.78, 5) is 41.3. The Kier molecular flexibility index (Phi) is 14.3. The molecule has 0 aromatic heterocycles. The molecule has 230 valence electrons. The second-order valence-electron chi connectivity index (χ2n) is 11.4. The Morgan fingerprint density at radius 3 is 2.02 bits per heavy atom. The second kappa shape index (κ2) is 18.2. The van der Waals surface area contributed by atoms with Gasteiger partial charge in [0.2, 0.25) is 5.91 Å². The van der Waals surface area contributed by atoms with E-state index in [-0.39, 0.29) is 23.1 Å². The summed E-state index contributed by atoms with van der Waals surface area (Å²) in [5.74, 6) is 0.698. The first-order valence-electron chi connectivity index (χ1n) is 15.4. The van der Waals surface area contributed by atoms with Crippen LogP contribution in [0.25, 0.3) is 11.1 Å². The second-order valence-corrected chi connectivity index (χ2v) is 12.6. The van der Waals surface area contributed by atoms with E-state index in [1.54, 1.807) is 6.92 Å². The molecule has 0 saturated carbocycles. The lowest BCUT2D eigenvalue weighted by Gasteiger charge is -2.34. The van der Waals surface area contributed by atoms with E-state index in [0.29, 0.717) is 37.6 Å². The summed E-state index contributed by atoms with van der Waals surface area (Å²) in [6.07, 6.45) is 3.66. The fourth-order valence-electron chi connectivity index (χ4n) is 4.86. The van der Waals surface area contributed by atoms with Gasteiger partial charge in [-0.3, -0.25) is 9.59 Å². The number of carbonyl (C=O) groups excluding carboxylic acids is 3. The maximum absolute atomic E-state index is 14.0. The van der Waals surface area contributed by atoms with Crippen LogP contribution in [0.15, 0.2) is 84.9 Å². The van der Waals surface area contributed by atoms with Crippen LogP contribution < -0.4 is 10.6 Å². The maximum Gasteiger partial charge on any atom is 0.318 e. The normalized spacial score (nSPS) is 12.4. The molecule has 6 nitrogen and oxygen atoms in total. The SMILES string of the molecule is CCCCNC(=O)[C@H](Cc1ccc(-c2ccccc2)cc1)NC(=O)N(CCC(C)C)[C@@H](CSC(C)=O)Cc1ccccc1. The van der Waals surface area contributed by atoms with Crippen molar-refractivity contribution in [2.45, 2.75) is 71.9 Å². The Hall–Kier alpha value is -3.58. The predicted octanol–water partition coefficient (Wildman–Crippen LogP) is 7.13. The lowest BCUT2D eigenvalue weighted by atomic mass is 10.00. The van der Waals surface area contributed by atoms with Crippen molar-refractivity contribution in [3.63, 3.8) is 0 Å². The highest BCUT2D eigenvalue weighted by Gasteiger charge is 2.29. The Morgan fingerprint density at radius 2 is 1.42 bits per heavy atom. The number of unbranched alkanes of at least 4 members (excludes halogenated alkanes) is 1. The minimum Gasteiger partial charge on any atom is -0.354 e. The zero-order valence-corrected chi connectivity index (χ0v) is 26.9. The van der Waals surface area contributed by atoms with E-state index in [1.165, 1.54) is 11.8 Å². The van der Waals surface area contributed by atoms with Crippen molar-refractivity contribution in [2.24, 2.45) is 5.92 Å². The fourth-order valence-corrected chi connectivity index (χ4v) is 5.58. The molecule has 3 aromatic carbocycles. The molecule has 0 aliphatic heterocycles. The Morgan fingerprint density at radius 1 is 0.814 bits per heavy atom. The molecule has 2 atom stereocenters. The van der Waals surface area contributed by atoms with Gasteiger partial charge in [-0.15, -0.1) is 0 Å². The summed E-state index contributed by atoms with van der Waals surface area (Å²) in [6.45, 7) is 9.01. The minimum absolute atomic E-state index is 0.0226. The van der Waals surface area contributed by atoms with E-state index < -0.39 is 6.04 Å². The van der Waals surface area contributed by atoms with Gasteiger partial charge in [-0.2, -0.15) is 0 Å². The molecule has 7 heteroatoms. The van der Waals surface area contributed by atoms with Gasteiger partial charge in [-0.1, -0.05) is 124 Å². The van der Waals surface area contributed by atoms with Crippen LogP contribution in [0, 0.1) is 5.92 Å². The monoisotopic (exact) mass is 601 g/mol. The number of thioether (sulfide) groups is 1. The van der Waals surface area contributed by atoms with Crippen LogP contribution in [0.3, 0.4) is 0 Å². The standard InChI is InChI=1S/C36H47N3O3S/c1-5-6-22-37-35(41)34(25-30-17-19-32(20-18-30)31-15-11-8-12-16-31)38-36(42)39(23-21-27(2)3)33(26-43-28(4)40)24-29-13-9-7-10-14-29/h7-20,27,33-34H,5-6,21-26H2,1-4H3,(H,37,41)(H,38,42)/t33-,34+/m1/s1. The van der Waals surface area contributed by atoms with Crippen LogP contribution in [0.2, 0.25) is 0 Å². The zero-order chi connectivity index (χ0) is 31.0. The number of benzene rings is 3. The molecule has 0 heterocycles. The smallest absolute Gasteiger partial charge is 0.318 e. The van der Waals surface area contributed by atoms with Crippen LogP contribution in [0.4, 0.5) is 4.79 Å². The predicted molar refractivity (Wildman–Crippen MR) is 179 cm³/mol. The quantitative estimate of drug-likeness (QED) is 0.171. The number of urea groups is 1. The van der Waals surface area contributed by atoms with Gasteiger partial charge in [-0.05, 0) is 47.4 Å². The van der Waals surface area contributed by atoms with Crippen molar-refractivity contribution in [1.82, 2.24) is 15.5 Å². The van der Waals surface area contributed by atoms with Gasteiger partial charge in [0.1, 0.15) is 6.04 Å². The van der Waals surface area contributed by atoms with Crippen molar-refractivity contribution < 1.29 is 14.4 Å². The molecule has 0 fully saturated rings. The number of nitrogens with zero attached hydrogens (tertiary/aromatic N) is 1. The fraction of sp³-hybridized carbons (Fsp3) is 0.417. The van der Waals surface area contributed by atoms with Gasteiger partial charge in [0, 0.05) is 38.2 Å². The zero-order valence-electron chi connectivity index (χ0n) is 26.1. The molecule has 3 amide bonds. The highest BCUT2D eigenvalue weighted by Crippen LogP contribution is 2.21. The van der Waals surface area contributed by atoms with E-state index in [9.17, 15) is 14.4 Å². The third-order valence-electron chi connectivity index (χ3n) is 7.39. The van der Waals surface area contributed by atoms with Crippen LogP contribution in [0.1, 0.15) is 58.1 Å². The molecular formula is C36H47N3O3S. The van der Waals surface area contributed by atoms with Crippen molar-refractivity contribution in [3.8, 4) is 11.1 Å². The molecular weight excluding hydrogens is 554 g/mol. The van der Waals surface area contributed by atoms with Gasteiger partial charge >= 0.3 is 6.03 Å². The highest BCUT2D eigenvalue weighted by atomic mass is 32.2. The first-order valence-corrected chi connectivity index (χ1v) is 16.4. The van der Waals surface area contributed by atoms with Crippen LogP contribution in [-0.2, 0) is 22.4 Å². The van der Waals surface area contributed by atoms with Gasteiger partial charge in [0.15, 0.2) is 5.12 Å². The van der Waals surface area contributed by atoms with Gasteiger partial charge < -0.3 is 15.5 Å². The van der Waals surface area contributed by atoms with E-state index >= 15 is 0 Å². The van der Waals surface area contributed by atoms with E-state index in [0.717, 1.165) is 41.5 Å². The number of carbonyl (C=O) groups is 3. The van der Waals surface area contributed by atoms with Crippen LogP contribution in [0.5, 0.6) is 0 Å². The Balaban J connectivity index is 1.85. The molecule has 0 spiro atoms.